The monoisotopic (exact) mass is 880 g/mol. The molecule has 0 fully saturated rings. The molecular formula is C66H44N2O. The summed E-state index contributed by atoms with van der Waals surface area (Å²) in [5.41, 5.74) is 20.1. The van der Waals surface area contributed by atoms with E-state index < -0.39 is 0 Å². The van der Waals surface area contributed by atoms with Crippen LogP contribution in [0.5, 0.6) is 0 Å². The number of furan rings is 1. The number of anilines is 3. The Kier molecular flexibility index (Phi) is 9.84. The molecule has 2 aromatic heterocycles. The largest absolute Gasteiger partial charge is 0.455 e. The van der Waals surface area contributed by atoms with E-state index in [4.69, 9.17) is 4.42 Å². The van der Waals surface area contributed by atoms with Gasteiger partial charge in [-0.25, -0.2) is 0 Å². The average molecular weight is 881 g/mol. The van der Waals surface area contributed by atoms with Gasteiger partial charge in [-0.1, -0.05) is 206 Å². The third-order valence-corrected chi connectivity index (χ3v) is 13.6. The summed E-state index contributed by atoms with van der Waals surface area (Å²) in [5, 5.41) is 4.76. The highest BCUT2D eigenvalue weighted by atomic mass is 16.3. The third kappa shape index (κ3) is 7.16. The standard InChI is InChI=1S/C66H44N2O/c1-3-15-45(16-4-1)51-19-13-20-55(43-51)67(53-38-33-48(34-39-53)47-29-31-50(32-30-47)57-24-14-25-61-60-23-9-12-28-65(60)69-66(57)61)54-40-35-49(36-41-54)56-42-37-52(46-17-5-2-6-18-46)44-64(56)68-62-26-10-7-21-58(62)59-22-8-11-27-63(59)68/h1-44H. The molecule has 11 aromatic carbocycles. The van der Waals surface area contributed by atoms with Crippen LogP contribution in [0.3, 0.4) is 0 Å². The molecule has 0 spiro atoms. The molecule has 0 saturated heterocycles. The van der Waals surface area contributed by atoms with Gasteiger partial charge in [0.1, 0.15) is 11.2 Å². The van der Waals surface area contributed by atoms with Crippen molar-refractivity contribution in [3.05, 3.63) is 267 Å². The summed E-state index contributed by atoms with van der Waals surface area (Å²) in [6, 6.07) is 96.1. The Morgan fingerprint density at radius 2 is 0.725 bits per heavy atom. The number of aromatic nitrogens is 1. The van der Waals surface area contributed by atoms with Crippen molar-refractivity contribution in [1.29, 1.82) is 0 Å². The van der Waals surface area contributed by atoms with E-state index in [1.54, 1.807) is 0 Å². The zero-order valence-corrected chi connectivity index (χ0v) is 37.7. The van der Waals surface area contributed by atoms with Crippen LogP contribution in [0.15, 0.2) is 271 Å². The highest BCUT2D eigenvalue weighted by molar-refractivity contribution is 6.11. The molecule has 0 bridgehead atoms. The van der Waals surface area contributed by atoms with Gasteiger partial charge in [0.25, 0.3) is 0 Å². The quantitative estimate of drug-likeness (QED) is 0.144. The van der Waals surface area contributed by atoms with Gasteiger partial charge < -0.3 is 13.9 Å². The summed E-state index contributed by atoms with van der Waals surface area (Å²) in [6.45, 7) is 0. The lowest BCUT2D eigenvalue weighted by atomic mass is 9.97. The van der Waals surface area contributed by atoms with Crippen LogP contribution in [0.1, 0.15) is 0 Å². The van der Waals surface area contributed by atoms with Crippen molar-refractivity contribution in [1.82, 2.24) is 4.57 Å². The average Bonchev–Trinajstić information content (AvgIpc) is 3.98. The lowest BCUT2D eigenvalue weighted by molar-refractivity contribution is 0.670. The predicted molar refractivity (Wildman–Crippen MR) is 290 cm³/mol. The minimum Gasteiger partial charge on any atom is -0.455 e. The van der Waals surface area contributed by atoms with E-state index in [-0.39, 0.29) is 0 Å². The molecule has 3 nitrogen and oxygen atoms in total. The predicted octanol–water partition coefficient (Wildman–Crippen LogP) is 18.5. The van der Waals surface area contributed by atoms with Gasteiger partial charge in [-0.05, 0) is 105 Å². The van der Waals surface area contributed by atoms with E-state index in [0.29, 0.717) is 0 Å². The summed E-state index contributed by atoms with van der Waals surface area (Å²) >= 11 is 0. The van der Waals surface area contributed by atoms with E-state index in [1.165, 1.54) is 44.1 Å². The van der Waals surface area contributed by atoms with Crippen LogP contribution in [0, 0.1) is 0 Å². The fraction of sp³-hybridized carbons (Fsp3) is 0. The number of fused-ring (bicyclic) bond motifs is 6. The van der Waals surface area contributed by atoms with Crippen molar-refractivity contribution in [2.24, 2.45) is 0 Å². The van der Waals surface area contributed by atoms with E-state index in [1.807, 2.05) is 12.1 Å². The number of benzene rings is 11. The summed E-state index contributed by atoms with van der Waals surface area (Å²) < 4.78 is 8.83. The maximum atomic E-state index is 6.39. The van der Waals surface area contributed by atoms with Crippen LogP contribution in [-0.2, 0) is 0 Å². The van der Waals surface area contributed by atoms with E-state index in [0.717, 1.165) is 78.1 Å². The van der Waals surface area contributed by atoms with E-state index in [2.05, 4.69) is 264 Å². The summed E-state index contributed by atoms with van der Waals surface area (Å²) in [5.74, 6) is 0. The van der Waals surface area contributed by atoms with Crippen molar-refractivity contribution in [3.63, 3.8) is 0 Å². The smallest absolute Gasteiger partial charge is 0.143 e. The second-order valence-electron chi connectivity index (χ2n) is 17.7. The normalized spacial score (nSPS) is 11.5. The van der Waals surface area contributed by atoms with Crippen LogP contribution in [0.25, 0.3) is 105 Å². The molecule has 13 rings (SSSR count). The molecule has 0 aliphatic heterocycles. The lowest BCUT2D eigenvalue weighted by Gasteiger charge is -2.26. The van der Waals surface area contributed by atoms with Crippen LogP contribution < -0.4 is 4.90 Å². The topological polar surface area (TPSA) is 21.3 Å². The van der Waals surface area contributed by atoms with Crippen molar-refractivity contribution in [3.8, 4) is 61.3 Å². The first-order valence-corrected chi connectivity index (χ1v) is 23.6. The minimum absolute atomic E-state index is 0.909. The fourth-order valence-electron chi connectivity index (χ4n) is 10.3. The first-order valence-electron chi connectivity index (χ1n) is 23.6. The molecule has 0 aliphatic carbocycles. The van der Waals surface area contributed by atoms with E-state index >= 15 is 0 Å². The molecule has 2 heterocycles. The maximum absolute atomic E-state index is 6.39. The minimum atomic E-state index is 0.909. The molecule has 324 valence electrons. The molecule has 3 heteroatoms. The first kappa shape index (κ1) is 40.1. The number of para-hydroxylation sites is 4. The van der Waals surface area contributed by atoms with Gasteiger partial charge in [0.15, 0.2) is 0 Å². The number of hydrogen-bond donors (Lipinski definition) is 0. The molecule has 0 aliphatic rings. The van der Waals surface area contributed by atoms with Gasteiger partial charge in [0.05, 0.1) is 16.7 Å². The van der Waals surface area contributed by atoms with Gasteiger partial charge in [-0.2, -0.15) is 0 Å². The Balaban J connectivity index is 0.889. The second-order valence-corrected chi connectivity index (χ2v) is 17.7. The van der Waals surface area contributed by atoms with Gasteiger partial charge in [-0.15, -0.1) is 0 Å². The highest BCUT2D eigenvalue weighted by Gasteiger charge is 2.19. The molecule has 0 amide bonds. The first-order chi connectivity index (χ1) is 34.2. The van der Waals surface area contributed by atoms with Gasteiger partial charge >= 0.3 is 0 Å². The molecule has 0 N–H and O–H groups in total. The summed E-state index contributed by atoms with van der Waals surface area (Å²) in [7, 11) is 0. The zero-order chi connectivity index (χ0) is 45.7. The Labute approximate surface area is 401 Å². The Morgan fingerprint density at radius 3 is 1.38 bits per heavy atom. The van der Waals surface area contributed by atoms with Crippen LogP contribution in [0.2, 0.25) is 0 Å². The molecule has 13 aromatic rings. The molecule has 69 heavy (non-hydrogen) atoms. The zero-order valence-electron chi connectivity index (χ0n) is 37.7. The molecule has 0 radical (unpaired) electrons. The van der Waals surface area contributed by atoms with Crippen molar-refractivity contribution in [2.75, 3.05) is 4.90 Å². The Morgan fingerprint density at radius 1 is 0.275 bits per heavy atom. The summed E-state index contributed by atoms with van der Waals surface area (Å²) in [4.78, 5) is 2.36. The maximum Gasteiger partial charge on any atom is 0.143 e. The van der Waals surface area contributed by atoms with E-state index in [9.17, 15) is 0 Å². The molecule has 0 unspecified atom stereocenters. The number of rotatable bonds is 9. The second kappa shape index (κ2) is 16.9. The van der Waals surface area contributed by atoms with Crippen LogP contribution >= 0.6 is 0 Å². The Hall–Kier alpha value is -9.18. The Bertz CT molecular complexity index is 3930. The van der Waals surface area contributed by atoms with Gasteiger partial charge in [-0.3, -0.25) is 0 Å². The summed E-state index contributed by atoms with van der Waals surface area (Å²) in [6.07, 6.45) is 0. The van der Waals surface area contributed by atoms with Crippen molar-refractivity contribution >= 4 is 60.8 Å². The third-order valence-electron chi connectivity index (χ3n) is 13.6. The highest BCUT2D eigenvalue weighted by Crippen LogP contribution is 2.42. The van der Waals surface area contributed by atoms with Gasteiger partial charge in [0, 0.05) is 49.7 Å². The van der Waals surface area contributed by atoms with Crippen LogP contribution in [0.4, 0.5) is 17.1 Å². The van der Waals surface area contributed by atoms with Crippen molar-refractivity contribution < 1.29 is 4.42 Å². The fourth-order valence-corrected chi connectivity index (χ4v) is 10.3. The molecule has 0 atom stereocenters. The number of nitrogens with zero attached hydrogens (tertiary/aromatic N) is 2. The van der Waals surface area contributed by atoms with Crippen LogP contribution in [-0.4, -0.2) is 4.57 Å². The van der Waals surface area contributed by atoms with Gasteiger partial charge in [0.2, 0.25) is 0 Å². The lowest BCUT2D eigenvalue weighted by Crippen LogP contribution is -2.10. The number of hydrogen-bond acceptors (Lipinski definition) is 2. The van der Waals surface area contributed by atoms with Crippen molar-refractivity contribution in [2.45, 2.75) is 0 Å². The molecule has 0 saturated carbocycles. The molecular weight excluding hydrogens is 837 g/mol. The SMILES string of the molecule is c1ccc(-c2cccc(N(c3ccc(-c4ccc(-c5cccc6c5oc5ccccc56)cc4)cc3)c3ccc(-c4ccc(-c5ccccc5)cc4-n4c5ccccc5c5ccccc54)cc3)c2)cc1.